The molecule has 1 aliphatic rings. The number of ether oxygens (including phenoxy) is 1. The van der Waals surface area contributed by atoms with Crippen molar-refractivity contribution in [3.8, 4) is 0 Å². The highest BCUT2D eigenvalue weighted by Gasteiger charge is 2.54. The van der Waals surface area contributed by atoms with Crippen molar-refractivity contribution >= 4 is 17.7 Å². The summed E-state index contributed by atoms with van der Waals surface area (Å²) in [6.07, 6.45) is 2.32. The third-order valence-corrected chi connectivity index (χ3v) is 6.16. The first-order valence-corrected chi connectivity index (χ1v) is 10.9. The molecular formula is C24H32N4O4. The predicted octanol–water partition coefficient (Wildman–Crippen LogP) is 2.34. The number of benzene rings is 1. The van der Waals surface area contributed by atoms with Gasteiger partial charge < -0.3 is 10.1 Å². The molecule has 1 aromatic heterocycles. The fourth-order valence-corrected chi connectivity index (χ4v) is 4.64. The van der Waals surface area contributed by atoms with Crippen molar-refractivity contribution in [3.63, 3.8) is 0 Å². The summed E-state index contributed by atoms with van der Waals surface area (Å²) in [4.78, 5) is 40.9. The number of nitrogens with one attached hydrogen (secondary N) is 1. The Morgan fingerprint density at radius 1 is 1.28 bits per heavy atom. The van der Waals surface area contributed by atoms with E-state index in [0.29, 0.717) is 13.0 Å². The van der Waals surface area contributed by atoms with Crippen molar-refractivity contribution in [3.05, 3.63) is 52.8 Å². The third kappa shape index (κ3) is 4.60. The molecule has 1 saturated heterocycles. The van der Waals surface area contributed by atoms with Crippen molar-refractivity contribution in [2.24, 2.45) is 7.05 Å². The predicted molar refractivity (Wildman–Crippen MR) is 120 cm³/mol. The summed E-state index contributed by atoms with van der Waals surface area (Å²) in [5.74, 6) is -0.838. The molecule has 8 heteroatoms. The van der Waals surface area contributed by atoms with E-state index in [2.05, 4.69) is 10.4 Å². The lowest BCUT2D eigenvalue weighted by Crippen LogP contribution is -2.43. The zero-order chi connectivity index (χ0) is 23.5. The van der Waals surface area contributed by atoms with Crippen molar-refractivity contribution in [2.75, 3.05) is 20.3 Å². The number of likely N-dealkylation sites (tertiary alicyclic amines) is 1. The maximum Gasteiger partial charge on any atom is 0.240 e. The Hall–Kier alpha value is -3.00. The monoisotopic (exact) mass is 440 g/mol. The van der Waals surface area contributed by atoms with E-state index in [9.17, 15) is 14.4 Å². The van der Waals surface area contributed by atoms with Gasteiger partial charge >= 0.3 is 0 Å². The van der Waals surface area contributed by atoms with E-state index < -0.39 is 5.41 Å². The van der Waals surface area contributed by atoms with Crippen molar-refractivity contribution in [1.29, 1.82) is 0 Å². The van der Waals surface area contributed by atoms with Crippen LogP contribution in [0.25, 0.3) is 0 Å². The molecule has 3 rings (SSSR count). The van der Waals surface area contributed by atoms with E-state index in [1.807, 2.05) is 58.3 Å². The minimum absolute atomic E-state index is 0.0165. The van der Waals surface area contributed by atoms with Gasteiger partial charge in [-0.15, -0.1) is 0 Å². The smallest absolute Gasteiger partial charge is 0.240 e. The largest absolute Gasteiger partial charge is 0.385 e. The molecule has 3 amide bonds. The molecule has 1 aromatic carbocycles. The molecule has 172 valence electrons. The molecule has 32 heavy (non-hydrogen) atoms. The van der Waals surface area contributed by atoms with Crippen LogP contribution < -0.4 is 5.32 Å². The normalized spacial score (nSPS) is 19.5. The first-order valence-electron chi connectivity index (χ1n) is 10.9. The molecule has 1 N–H and O–H groups in total. The van der Waals surface area contributed by atoms with Crippen LogP contribution in [-0.2, 0) is 31.6 Å². The Kier molecular flexibility index (Phi) is 7.13. The van der Waals surface area contributed by atoms with Crippen LogP contribution in [-0.4, -0.2) is 52.7 Å². The highest BCUT2D eigenvalue weighted by molar-refractivity contribution is 6.11. The summed E-state index contributed by atoms with van der Waals surface area (Å²) in [6.45, 7) is 6.43. The van der Waals surface area contributed by atoms with Gasteiger partial charge in [0.1, 0.15) is 0 Å². The summed E-state index contributed by atoms with van der Waals surface area (Å²) in [6, 6.07) is 7.21. The number of aryl methyl sites for hydroxylation is 3. The summed E-state index contributed by atoms with van der Waals surface area (Å²) in [5.41, 5.74) is 2.17. The zero-order valence-electron chi connectivity index (χ0n) is 19.5. The maximum atomic E-state index is 13.6. The van der Waals surface area contributed by atoms with Gasteiger partial charge in [-0.3, -0.25) is 24.0 Å². The number of nitrogens with zero attached hydrogens (tertiary/aromatic N) is 3. The van der Waals surface area contributed by atoms with Crippen LogP contribution in [0.2, 0.25) is 0 Å². The van der Waals surface area contributed by atoms with E-state index in [0.717, 1.165) is 22.4 Å². The lowest BCUT2D eigenvalue weighted by atomic mass is 9.74. The quantitative estimate of drug-likeness (QED) is 0.477. The van der Waals surface area contributed by atoms with Crippen molar-refractivity contribution in [1.82, 2.24) is 20.0 Å². The van der Waals surface area contributed by atoms with Crippen LogP contribution in [0.4, 0.5) is 0 Å². The van der Waals surface area contributed by atoms with Gasteiger partial charge in [0.2, 0.25) is 17.7 Å². The number of aromatic nitrogens is 2. The zero-order valence-corrected chi connectivity index (χ0v) is 19.5. The van der Waals surface area contributed by atoms with Gasteiger partial charge in [-0.05, 0) is 38.3 Å². The Bertz CT molecular complexity index is 1020. The third-order valence-electron chi connectivity index (χ3n) is 6.16. The van der Waals surface area contributed by atoms with Gasteiger partial charge in [0, 0.05) is 51.9 Å². The van der Waals surface area contributed by atoms with Crippen molar-refractivity contribution in [2.45, 2.75) is 51.5 Å². The van der Waals surface area contributed by atoms with Gasteiger partial charge in [0.25, 0.3) is 0 Å². The van der Waals surface area contributed by atoms with E-state index in [1.165, 1.54) is 4.90 Å². The maximum absolute atomic E-state index is 13.6. The molecule has 0 aliphatic carbocycles. The number of amides is 3. The van der Waals surface area contributed by atoms with Crippen LogP contribution >= 0.6 is 0 Å². The molecule has 2 heterocycles. The van der Waals surface area contributed by atoms with Gasteiger partial charge in [0.15, 0.2) is 0 Å². The molecular weight excluding hydrogens is 408 g/mol. The number of hydrogen-bond acceptors (Lipinski definition) is 5. The van der Waals surface area contributed by atoms with Crippen LogP contribution in [0, 0.1) is 13.8 Å². The molecule has 2 atom stereocenters. The molecule has 0 radical (unpaired) electrons. The highest BCUT2D eigenvalue weighted by Crippen LogP contribution is 2.41. The number of imide groups is 1. The number of methoxy groups -OCH3 is 1. The summed E-state index contributed by atoms with van der Waals surface area (Å²) in [7, 11) is 3.42. The van der Waals surface area contributed by atoms with Gasteiger partial charge in [0.05, 0.1) is 17.2 Å². The Balaban J connectivity index is 1.88. The van der Waals surface area contributed by atoms with E-state index >= 15 is 0 Å². The van der Waals surface area contributed by atoms with E-state index in [4.69, 9.17) is 4.74 Å². The molecule has 8 nitrogen and oxygen atoms in total. The Labute approximate surface area is 188 Å². The summed E-state index contributed by atoms with van der Waals surface area (Å²) < 4.78 is 6.78. The second-order valence-corrected chi connectivity index (χ2v) is 8.58. The summed E-state index contributed by atoms with van der Waals surface area (Å²) in [5, 5.41) is 7.33. The topological polar surface area (TPSA) is 93.5 Å². The van der Waals surface area contributed by atoms with Crippen molar-refractivity contribution < 1.29 is 19.1 Å². The van der Waals surface area contributed by atoms with Crippen LogP contribution in [0.1, 0.15) is 54.6 Å². The second-order valence-electron chi connectivity index (χ2n) is 8.58. The molecule has 0 saturated carbocycles. The molecule has 0 spiro atoms. The minimum atomic E-state index is -1.21. The second kappa shape index (κ2) is 9.65. The SMILES string of the molecule is COCCCN1C(=O)C[C@@](CC(=O)N[C@H](C)c2cn(C)nc2C)(c2ccccc2C)C1=O. The lowest BCUT2D eigenvalue weighted by molar-refractivity contribution is -0.141. The Morgan fingerprint density at radius 2 is 2.00 bits per heavy atom. The number of carbonyl (C=O) groups excluding carboxylic acids is 3. The molecule has 0 unspecified atom stereocenters. The van der Waals surface area contributed by atoms with Gasteiger partial charge in [-0.25, -0.2) is 0 Å². The molecule has 2 aromatic rings. The Morgan fingerprint density at radius 3 is 2.62 bits per heavy atom. The molecule has 1 fully saturated rings. The fraction of sp³-hybridized carbons (Fsp3) is 0.500. The molecule has 1 aliphatic heterocycles. The van der Waals surface area contributed by atoms with E-state index in [1.54, 1.807) is 11.8 Å². The van der Waals surface area contributed by atoms with Gasteiger partial charge in [-0.2, -0.15) is 5.10 Å². The minimum Gasteiger partial charge on any atom is -0.385 e. The fourth-order valence-electron chi connectivity index (χ4n) is 4.64. The van der Waals surface area contributed by atoms with E-state index in [-0.39, 0.29) is 43.1 Å². The lowest BCUT2D eigenvalue weighted by Gasteiger charge is -2.29. The van der Waals surface area contributed by atoms with Crippen LogP contribution in [0.5, 0.6) is 0 Å². The number of rotatable bonds is 9. The van der Waals surface area contributed by atoms with Crippen LogP contribution in [0.15, 0.2) is 30.5 Å². The average Bonchev–Trinajstić information content (AvgIpc) is 3.19. The number of carbonyl (C=O) groups is 3. The first-order chi connectivity index (χ1) is 15.2. The first kappa shape index (κ1) is 23.7. The molecule has 0 bridgehead atoms. The average molecular weight is 441 g/mol. The number of hydrogen-bond donors (Lipinski definition) is 1. The standard InChI is InChI=1S/C24H32N4O4/c1-16-9-6-7-10-20(16)24(14-22(30)28(23(24)31)11-8-12-32-5)13-21(29)25-17(2)19-15-27(4)26-18(19)3/h6-7,9-10,15,17H,8,11-14H2,1-5H3,(H,25,29)/t17-,24+/m1/s1. The highest BCUT2D eigenvalue weighted by atomic mass is 16.5. The van der Waals surface area contributed by atoms with Gasteiger partial charge in [-0.1, -0.05) is 24.3 Å². The van der Waals surface area contributed by atoms with Crippen LogP contribution in [0.3, 0.4) is 0 Å². The summed E-state index contributed by atoms with van der Waals surface area (Å²) >= 11 is 0.